The van der Waals surface area contributed by atoms with Gasteiger partial charge in [0, 0.05) is 0 Å². The van der Waals surface area contributed by atoms with Crippen LogP contribution in [0.4, 0.5) is 0 Å². The van der Waals surface area contributed by atoms with Crippen LogP contribution in [0.2, 0.25) is 3.93 Å². The van der Waals surface area contributed by atoms with Crippen molar-refractivity contribution in [3.63, 3.8) is 0 Å². The fraction of sp³-hybridized carbons (Fsp3) is 0.600. The number of aliphatic hydroxyl groups is 1. The molecule has 110 valence electrons. The Morgan fingerprint density at radius 3 is 2.35 bits per heavy atom. The van der Waals surface area contributed by atoms with Gasteiger partial charge < -0.3 is 0 Å². The molecule has 1 aromatic carbocycles. The summed E-state index contributed by atoms with van der Waals surface area (Å²) in [5.74, 6) is 1.81. The second kappa shape index (κ2) is 9.70. The zero-order chi connectivity index (χ0) is 15.1. The summed E-state index contributed by atoms with van der Waals surface area (Å²) in [6, 6.07) is 9.68. The summed E-state index contributed by atoms with van der Waals surface area (Å²) in [5.41, 5.74) is 0. The molecule has 0 saturated carbocycles. The third-order valence-electron chi connectivity index (χ3n) is 4.03. The van der Waals surface area contributed by atoms with E-state index < -0.39 is 32.9 Å². The molecule has 0 fully saturated rings. The Labute approximate surface area is 142 Å². The molecule has 0 aliphatic carbocycles. The first kappa shape index (κ1) is 18.8. The monoisotopic (exact) mass is 548 g/mol. The van der Waals surface area contributed by atoms with E-state index >= 15 is 0 Å². The summed E-state index contributed by atoms with van der Waals surface area (Å²) in [7, 11) is -0.940. The first-order valence-electron chi connectivity index (χ1n) is 7.14. The summed E-state index contributed by atoms with van der Waals surface area (Å²) < 4.78 is 13.6. The van der Waals surface area contributed by atoms with Gasteiger partial charge in [0.1, 0.15) is 0 Å². The van der Waals surface area contributed by atoms with Crippen LogP contribution in [0, 0.1) is 17.8 Å². The number of rotatable bonds is 8. The Bertz CT molecular complexity index is 414. The predicted molar refractivity (Wildman–Crippen MR) is 85.0 cm³/mol. The van der Waals surface area contributed by atoms with E-state index in [1.54, 1.807) is 0 Å². The second-order valence-corrected chi connectivity index (χ2v) is 17.7. The van der Waals surface area contributed by atoms with Gasteiger partial charge in [0.05, 0.1) is 0 Å². The van der Waals surface area contributed by atoms with Crippen LogP contribution in [0.3, 0.4) is 0 Å². The van der Waals surface area contributed by atoms with Crippen LogP contribution >= 0.6 is 11.9 Å². The number of halogens is 1. The molecule has 0 bridgehead atoms. The molecule has 5 heteroatoms. The quantitative estimate of drug-likeness (QED) is 0.502. The zero-order valence-electron chi connectivity index (χ0n) is 12.5. The Kier molecular flexibility index (Phi) is 9.11. The van der Waals surface area contributed by atoms with Crippen LogP contribution in [0.5, 0.6) is 0 Å². The first-order chi connectivity index (χ1) is 9.47. The molecule has 2 nitrogen and oxygen atoms in total. The zero-order valence-corrected chi connectivity index (χ0v) is 20.4. The van der Waals surface area contributed by atoms with Gasteiger partial charge >= 0.3 is 144 Å². The standard InChI is InChI=1S/C15H23O2S.BrH.Hg/c1-11(12(2)13(3)14(4)16)10-18(17)15-8-6-5-7-9-15;;/h5-9,11-14,16H,2,10H2,1,3-4H3;1H;/q;;+1/p-1/t11-,12-,13+,14+,18-;;/m1../s1. The van der Waals surface area contributed by atoms with E-state index in [1.165, 1.54) is 3.93 Å². The van der Waals surface area contributed by atoms with Crippen molar-refractivity contribution in [3.8, 4) is 0 Å². The summed E-state index contributed by atoms with van der Waals surface area (Å²) >= 11 is 2.77. The summed E-state index contributed by atoms with van der Waals surface area (Å²) in [6.45, 7) is 6.17. The van der Waals surface area contributed by atoms with Crippen molar-refractivity contribution in [3.05, 3.63) is 30.3 Å². The van der Waals surface area contributed by atoms with E-state index in [0.29, 0.717) is 17.6 Å². The molecule has 1 aromatic rings. The van der Waals surface area contributed by atoms with Crippen molar-refractivity contribution < 1.29 is 31.5 Å². The molecule has 0 aromatic heterocycles. The molecule has 1 rings (SSSR count). The van der Waals surface area contributed by atoms with Crippen molar-refractivity contribution in [2.75, 3.05) is 5.75 Å². The number of hydrogen-bond acceptors (Lipinski definition) is 2. The first-order valence-corrected chi connectivity index (χ1v) is 24.3. The van der Waals surface area contributed by atoms with Gasteiger partial charge in [0.15, 0.2) is 0 Å². The van der Waals surface area contributed by atoms with Gasteiger partial charge in [-0.2, -0.15) is 0 Å². The van der Waals surface area contributed by atoms with Gasteiger partial charge in [0.2, 0.25) is 0 Å². The van der Waals surface area contributed by atoms with Crippen molar-refractivity contribution in [1.29, 1.82) is 0 Å². The van der Waals surface area contributed by atoms with E-state index in [0.717, 1.165) is 4.90 Å². The van der Waals surface area contributed by atoms with E-state index in [-0.39, 0.29) is 12.0 Å². The maximum absolute atomic E-state index is 12.4. The number of aliphatic hydroxyl groups excluding tert-OH is 1. The van der Waals surface area contributed by atoms with Crippen LogP contribution < -0.4 is 0 Å². The fourth-order valence-corrected chi connectivity index (χ4v) is 13.8. The number of benzene rings is 1. The normalized spacial score (nSPS) is 18.6. The van der Waals surface area contributed by atoms with Crippen LogP contribution in [0.15, 0.2) is 35.2 Å². The van der Waals surface area contributed by atoms with Crippen molar-refractivity contribution in [1.82, 2.24) is 0 Å². The fourth-order valence-electron chi connectivity index (χ4n) is 2.58. The Balaban J connectivity index is 2.71. The second-order valence-electron chi connectivity index (χ2n) is 5.54. The van der Waals surface area contributed by atoms with E-state index in [1.807, 2.05) is 37.3 Å². The van der Waals surface area contributed by atoms with Crippen molar-refractivity contribution in [2.24, 2.45) is 17.8 Å². The minimum absolute atomic E-state index is 0.273. The molecule has 0 aliphatic heterocycles. The summed E-state index contributed by atoms with van der Waals surface area (Å²) in [6.07, 6.45) is -0.292. The molecule has 5 atom stereocenters. The molecule has 0 heterocycles. The molecular weight excluding hydrogens is 525 g/mol. The molecule has 0 amide bonds. The van der Waals surface area contributed by atoms with Crippen LogP contribution in [0.1, 0.15) is 20.8 Å². The van der Waals surface area contributed by atoms with Gasteiger partial charge in [-0.1, -0.05) is 0 Å². The van der Waals surface area contributed by atoms with Crippen molar-refractivity contribution in [2.45, 2.75) is 35.7 Å². The van der Waals surface area contributed by atoms with Gasteiger partial charge in [-0.15, -0.1) is 0 Å². The molecule has 1 N–H and O–H groups in total. The van der Waals surface area contributed by atoms with Crippen LogP contribution in [0.25, 0.3) is 0 Å². The molecule has 20 heavy (non-hydrogen) atoms. The van der Waals surface area contributed by atoms with Crippen LogP contribution in [-0.2, 0) is 32.9 Å². The Morgan fingerprint density at radius 1 is 1.25 bits per heavy atom. The topological polar surface area (TPSA) is 37.3 Å². The van der Waals surface area contributed by atoms with E-state index in [9.17, 15) is 9.32 Å². The Hall–Kier alpha value is 0.745. The maximum atomic E-state index is 12.4. The SMILES string of the molecule is C[C@@H]([C@H]([CH2][Hg][Br])[C@H](C)C[S@@](=O)c1ccccc1)[C@H](C)O. The third kappa shape index (κ3) is 5.86. The van der Waals surface area contributed by atoms with Crippen LogP contribution in [-0.4, -0.2) is 21.2 Å². The van der Waals surface area contributed by atoms with Gasteiger partial charge in [-0.3, -0.25) is 0 Å². The molecule has 0 aliphatic rings. The molecule has 0 saturated heterocycles. The third-order valence-corrected chi connectivity index (χ3v) is 13.1. The summed E-state index contributed by atoms with van der Waals surface area (Å²) in [4.78, 5) is 0.909. The van der Waals surface area contributed by atoms with Gasteiger partial charge in [-0.25, -0.2) is 0 Å². The average molecular weight is 548 g/mol. The minimum atomic E-state index is -0.941. The molecule has 0 radical (unpaired) electrons. The molecule has 0 spiro atoms. The van der Waals surface area contributed by atoms with Gasteiger partial charge in [-0.05, 0) is 0 Å². The molecule has 0 unspecified atom stereocenters. The van der Waals surface area contributed by atoms with Crippen molar-refractivity contribution >= 4 is 22.7 Å². The molecular formula is C15H23BrHgO2S. The van der Waals surface area contributed by atoms with E-state index in [4.69, 9.17) is 0 Å². The van der Waals surface area contributed by atoms with Gasteiger partial charge in [0.25, 0.3) is 0 Å². The number of hydrogen-bond donors (Lipinski definition) is 1. The predicted octanol–water partition coefficient (Wildman–Crippen LogP) is 3.87. The Morgan fingerprint density at radius 2 is 1.85 bits per heavy atom. The van der Waals surface area contributed by atoms with E-state index in [2.05, 4.69) is 25.8 Å². The summed E-state index contributed by atoms with van der Waals surface area (Å²) in [5, 5.41) is 9.85. The average Bonchev–Trinajstić information content (AvgIpc) is 2.44.